The molecule has 0 aliphatic rings. The molecule has 0 bridgehead atoms. The second-order valence-electron chi connectivity index (χ2n) is 4.34. The zero-order valence-electron chi connectivity index (χ0n) is 9.69. The lowest BCUT2D eigenvalue weighted by atomic mass is 9.95. The van der Waals surface area contributed by atoms with E-state index in [0.29, 0.717) is 6.54 Å². The summed E-state index contributed by atoms with van der Waals surface area (Å²) < 4.78 is 0. The molecule has 0 saturated carbocycles. The van der Waals surface area contributed by atoms with Crippen LogP contribution in [0.3, 0.4) is 0 Å². The fraction of sp³-hybridized carbons (Fsp3) is 0.125. The third-order valence-electron chi connectivity index (χ3n) is 3.28. The van der Waals surface area contributed by atoms with Crippen molar-refractivity contribution < 1.29 is 0 Å². The summed E-state index contributed by atoms with van der Waals surface area (Å²) in [5.41, 5.74) is 7.12. The molecule has 2 N–H and O–H groups in total. The van der Waals surface area contributed by atoms with Gasteiger partial charge in [-0.3, -0.25) is 0 Å². The van der Waals surface area contributed by atoms with Crippen molar-refractivity contribution in [2.45, 2.75) is 6.42 Å². The van der Waals surface area contributed by atoms with Crippen LogP contribution in [-0.2, 0) is 6.42 Å². The van der Waals surface area contributed by atoms with Crippen LogP contribution in [0.25, 0.3) is 21.5 Å². The molecule has 0 amide bonds. The predicted octanol–water partition coefficient (Wildman–Crippen LogP) is 3.49. The first-order valence-corrected chi connectivity index (χ1v) is 5.99. The molecular weight excluding hydrogens is 206 g/mol. The van der Waals surface area contributed by atoms with Crippen LogP contribution < -0.4 is 5.73 Å². The van der Waals surface area contributed by atoms with Gasteiger partial charge in [0.15, 0.2) is 0 Å². The molecule has 0 saturated heterocycles. The van der Waals surface area contributed by atoms with Crippen LogP contribution >= 0.6 is 0 Å². The molecule has 0 radical (unpaired) electrons. The second kappa shape index (κ2) is 4.19. The van der Waals surface area contributed by atoms with Crippen molar-refractivity contribution in [3.63, 3.8) is 0 Å². The highest BCUT2D eigenvalue weighted by atomic mass is 14.5. The van der Waals surface area contributed by atoms with Crippen LogP contribution in [0.2, 0.25) is 0 Å². The summed E-state index contributed by atoms with van der Waals surface area (Å²) in [6.45, 7) is 0.692. The maximum atomic E-state index is 5.74. The van der Waals surface area contributed by atoms with E-state index < -0.39 is 0 Å². The van der Waals surface area contributed by atoms with E-state index in [1.807, 2.05) is 0 Å². The Balaban J connectivity index is 2.47. The molecule has 0 aliphatic heterocycles. The van der Waals surface area contributed by atoms with Gasteiger partial charge in [0.1, 0.15) is 0 Å². The van der Waals surface area contributed by atoms with Crippen molar-refractivity contribution in [1.29, 1.82) is 0 Å². The minimum Gasteiger partial charge on any atom is -0.330 e. The highest BCUT2D eigenvalue weighted by Crippen LogP contribution is 2.28. The summed E-state index contributed by atoms with van der Waals surface area (Å²) in [7, 11) is 0. The quantitative estimate of drug-likeness (QED) is 0.658. The fourth-order valence-corrected chi connectivity index (χ4v) is 2.52. The van der Waals surface area contributed by atoms with Gasteiger partial charge in [-0.25, -0.2) is 0 Å². The molecule has 3 rings (SSSR count). The van der Waals surface area contributed by atoms with Gasteiger partial charge < -0.3 is 5.73 Å². The summed E-state index contributed by atoms with van der Waals surface area (Å²) in [6, 6.07) is 19.3. The molecule has 0 aliphatic carbocycles. The first kappa shape index (κ1) is 10.3. The van der Waals surface area contributed by atoms with Crippen LogP contribution in [0.1, 0.15) is 5.56 Å². The Hall–Kier alpha value is -1.86. The third kappa shape index (κ3) is 1.69. The van der Waals surface area contributed by atoms with Gasteiger partial charge in [-0.1, -0.05) is 48.5 Å². The SMILES string of the molecule is NCCc1c2ccccc2cc2ccccc12. The van der Waals surface area contributed by atoms with Gasteiger partial charge in [0.05, 0.1) is 0 Å². The van der Waals surface area contributed by atoms with Gasteiger partial charge in [0.2, 0.25) is 0 Å². The molecule has 3 aromatic rings. The second-order valence-corrected chi connectivity index (χ2v) is 4.34. The Labute approximate surface area is 101 Å². The van der Waals surface area contributed by atoms with Gasteiger partial charge in [-0.15, -0.1) is 0 Å². The van der Waals surface area contributed by atoms with E-state index in [9.17, 15) is 0 Å². The van der Waals surface area contributed by atoms with Crippen LogP contribution in [0.4, 0.5) is 0 Å². The first-order valence-electron chi connectivity index (χ1n) is 5.99. The minimum atomic E-state index is 0.692. The molecule has 0 spiro atoms. The zero-order chi connectivity index (χ0) is 11.7. The molecule has 0 atom stereocenters. The molecule has 1 nitrogen and oxygen atoms in total. The maximum absolute atomic E-state index is 5.74. The molecule has 0 fully saturated rings. The Kier molecular flexibility index (Phi) is 2.54. The van der Waals surface area contributed by atoms with Crippen LogP contribution in [0, 0.1) is 0 Å². The van der Waals surface area contributed by atoms with Crippen molar-refractivity contribution in [1.82, 2.24) is 0 Å². The number of nitrogens with two attached hydrogens (primary N) is 1. The van der Waals surface area contributed by atoms with Gasteiger partial charge >= 0.3 is 0 Å². The molecule has 3 aromatic carbocycles. The molecule has 1 heteroatoms. The Morgan fingerprint density at radius 2 is 1.29 bits per heavy atom. The molecule has 0 unspecified atom stereocenters. The topological polar surface area (TPSA) is 26.0 Å². The van der Waals surface area contributed by atoms with Crippen LogP contribution in [0.5, 0.6) is 0 Å². The summed E-state index contributed by atoms with van der Waals surface area (Å²) in [6.07, 6.45) is 0.932. The number of fused-ring (bicyclic) bond motifs is 2. The standard InChI is InChI=1S/C16H15N/c17-10-9-16-14-7-3-1-5-12(14)11-13-6-2-4-8-15(13)16/h1-8,11H,9-10,17H2. The fourth-order valence-electron chi connectivity index (χ4n) is 2.52. The molecule has 0 aromatic heterocycles. The smallest absolute Gasteiger partial charge is 0.00363 e. The van der Waals surface area contributed by atoms with E-state index in [1.54, 1.807) is 0 Å². The highest BCUT2D eigenvalue weighted by Gasteiger charge is 2.05. The van der Waals surface area contributed by atoms with E-state index in [2.05, 4.69) is 54.6 Å². The maximum Gasteiger partial charge on any atom is -0.00363 e. The van der Waals surface area contributed by atoms with Crippen molar-refractivity contribution in [3.05, 3.63) is 60.2 Å². The van der Waals surface area contributed by atoms with Gasteiger partial charge in [-0.2, -0.15) is 0 Å². The number of hydrogen-bond acceptors (Lipinski definition) is 1. The largest absolute Gasteiger partial charge is 0.330 e. The molecular formula is C16H15N. The lowest BCUT2D eigenvalue weighted by Gasteiger charge is -2.10. The van der Waals surface area contributed by atoms with E-state index in [4.69, 9.17) is 5.73 Å². The monoisotopic (exact) mass is 221 g/mol. The highest BCUT2D eigenvalue weighted by molar-refractivity contribution is 6.02. The Bertz CT molecular complexity index is 616. The predicted molar refractivity (Wildman–Crippen MR) is 74.2 cm³/mol. The average molecular weight is 221 g/mol. The van der Waals surface area contributed by atoms with Crippen LogP contribution in [0.15, 0.2) is 54.6 Å². The van der Waals surface area contributed by atoms with Crippen molar-refractivity contribution in [2.75, 3.05) is 6.54 Å². The number of hydrogen-bond donors (Lipinski definition) is 1. The normalized spacial score (nSPS) is 11.1. The van der Waals surface area contributed by atoms with E-state index in [-0.39, 0.29) is 0 Å². The zero-order valence-corrected chi connectivity index (χ0v) is 9.69. The number of benzene rings is 3. The van der Waals surface area contributed by atoms with Crippen molar-refractivity contribution >= 4 is 21.5 Å². The van der Waals surface area contributed by atoms with E-state index in [1.165, 1.54) is 27.1 Å². The first-order chi connectivity index (χ1) is 8.40. The van der Waals surface area contributed by atoms with E-state index >= 15 is 0 Å². The Morgan fingerprint density at radius 3 is 1.82 bits per heavy atom. The minimum absolute atomic E-state index is 0.692. The molecule has 84 valence electrons. The summed E-state index contributed by atoms with van der Waals surface area (Å²) >= 11 is 0. The Morgan fingerprint density at radius 1 is 0.765 bits per heavy atom. The number of rotatable bonds is 2. The van der Waals surface area contributed by atoms with Gasteiger partial charge in [0.25, 0.3) is 0 Å². The van der Waals surface area contributed by atoms with Gasteiger partial charge in [-0.05, 0) is 46.1 Å². The van der Waals surface area contributed by atoms with E-state index in [0.717, 1.165) is 6.42 Å². The lowest BCUT2D eigenvalue weighted by Crippen LogP contribution is -2.03. The summed E-state index contributed by atoms with van der Waals surface area (Å²) in [5.74, 6) is 0. The lowest BCUT2D eigenvalue weighted by molar-refractivity contribution is 0.985. The van der Waals surface area contributed by atoms with Gasteiger partial charge in [0, 0.05) is 0 Å². The summed E-state index contributed by atoms with van der Waals surface area (Å²) in [5, 5.41) is 5.26. The van der Waals surface area contributed by atoms with Crippen molar-refractivity contribution in [2.24, 2.45) is 5.73 Å². The average Bonchev–Trinajstić information content (AvgIpc) is 2.39. The molecule has 0 heterocycles. The molecule has 17 heavy (non-hydrogen) atoms. The van der Waals surface area contributed by atoms with Crippen molar-refractivity contribution in [3.8, 4) is 0 Å². The third-order valence-corrected chi connectivity index (χ3v) is 3.28. The summed E-state index contributed by atoms with van der Waals surface area (Å²) in [4.78, 5) is 0. The van der Waals surface area contributed by atoms with Crippen LogP contribution in [-0.4, -0.2) is 6.54 Å².